The van der Waals surface area contributed by atoms with E-state index in [0.717, 1.165) is 18.8 Å². The highest BCUT2D eigenvalue weighted by molar-refractivity contribution is 4.75. The number of hydrogen-bond acceptors (Lipinski definition) is 3. The molecule has 15 heavy (non-hydrogen) atoms. The second kappa shape index (κ2) is 7.20. The molecule has 0 aromatic rings. The van der Waals surface area contributed by atoms with Crippen LogP contribution in [0.15, 0.2) is 0 Å². The van der Waals surface area contributed by atoms with Gasteiger partial charge < -0.3 is 14.6 Å². The summed E-state index contributed by atoms with van der Waals surface area (Å²) in [7, 11) is 1.66. The zero-order chi connectivity index (χ0) is 11.1. The maximum Gasteiger partial charge on any atom is 0.0801 e. The second-order valence-corrected chi connectivity index (χ2v) is 4.66. The smallest absolute Gasteiger partial charge is 0.0801 e. The topological polar surface area (TPSA) is 38.7 Å². The Morgan fingerprint density at radius 2 is 1.87 bits per heavy atom. The maximum absolute atomic E-state index is 9.89. The number of aliphatic hydroxyl groups is 1. The molecule has 0 bridgehead atoms. The molecule has 1 aliphatic rings. The third-order valence-electron chi connectivity index (χ3n) is 3.33. The zero-order valence-corrected chi connectivity index (χ0v) is 9.95. The monoisotopic (exact) mass is 216 g/mol. The van der Waals surface area contributed by atoms with Crippen LogP contribution in [0.2, 0.25) is 0 Å². The molecular weight excluding hydrogens is 192 g/mol. The summed E-state index contributed by atoms with van der Waals surface area (Å²) in [5.41, 5.74) is 0. The molecule has 0 amide bonds. The molecule has 3 nitrogen and oxygen atoms in total. The van der Waals surface area contributed by atoms with E-state index in [0.29, 0.717) is 25.7 Å². The van der Waals surface area contributed by atoms with Gasteiger partial charge in [-0.15, -0.1) is 0 Å². The number of hydrogen-bond donors (Lipinski definition) is 1. The quantitative estimate of drug-likeness (QED) is 0.688. The van der Waals surface area contributed by atoms with Gasteiger partial charge in [0.2, 0.25) is 0 Å². The predicted octanol–water partition coefficient (Wildman–Crippen LogP) is 1.84. The molecule has 0 spiro atoms. The lowest BCUT2D eigenvalue weighted by Crippen LogP contribution is -2.29. The summed E-state index contributed by atoms with van der Waals surface area (Å²) >= 11 is 0. The van der Waals surface area contributed by atoms with Gasteiger partial charge in [0, 0.05) is 7.11 Å². The molecule has 1 rings (SSSR count). The summed E-state index contributed by atoms with van der Waals surface area (Å²) in [5.74, 6) is 1.28. The van der Waals surface area contributed by atoms with Crippen LogP contribution in [0.4, 0.5) is 0 Å². The van der Waals surface area contributed by atoms with Gasteiger partial charge in [-0.3, -0.25) is 0 Å². The normalized spacial score (nSPS) is 29.0. The average Bonchev–Trinajstić information content (AvgIpc) is 2.25. The molecule has 1 aliphatic carbocycles. The Kier molecular flexibility index (Phi) is 6.22. The molecule has 0 aromatic carbocycles. The van der Waals surface area contributed by atoms with Crippen LogP contribution in [0.25, 0.3) is 0 Å². The first-order chi connectivity index (χ1) is 7.24. The van der Waals surface area contributed by atoms with Crippen LogP contribution < -0.4 is 0 Å². The van der Waals surface area contributed by atoms with Crippen LogP contribution in [0, 0.1) is 11.8 Å². The van der Waals surface area contributed by atoms with Gasteiger partial charge in [-0.2, -0.15) is 0 Å². The standard InChI is InChI=1S/C12H24O3/c1-10-3-5-11(6-4-10)12(13)9-15-8-7-14-2/h10-13H,3-9H2,1-2H3. The molecule has 0 radical (unpaired) electrons. The Morgan fingerprint density at radius 3 is 2.47 bits per heavy atom. The summed E-state index contributed by atoms with van der Waals surface area (Å²) in [6.45, 7) is 3.94. The van der Waals surface area contributed by atoms with E-state index in [4.69, 9.17) is 9.47 Å². The molecule has 1 saturated carbocycles. The van der Waals surface area contributed by atoms with Gasteiger partial charge in [0.1, 0.15) is 0 Å². The van der Waals surface area contributed by atoms with Crippen molar-refractivity contribution in [2.24, 2.45) is 11.8 Å². The predicted molar refractivity (Wildman–Crippen MR) is 59.8 cm³/mol. The summed E-state index contributed by atoms with van der Waals surface area (Å²) in [6, 6.07) is 0. The van der Waals surface area contributed by atoms with Crippen molar-refractivity contribution in [3.8, 4) is 0 Å². The second-order valence-electron chi connectivity index (χ2n) is 4.66. The van der Waals surface area contributed by atoms with E-state index in [-0.39, 0.29) is 6.10 Å². The molecule has 0 heterocycles. The Hall–Kier alpha value is -0.120. The fourth-order valence-electron chi connectivity index (χ4n) is 2.15. The number of ether oxygens (including phenoxy) is 2. The van der Waals surface area contributed by atoms with Crippen LogP contribution in [0.5, 0.6) is 0 Å². The molecule has 0 saturated heterocycles. The molecule has 0 aliphatic heterocycles. The van der Waals surface area contributed by atoms with E-state index < -0.39 is 0 Å². The van der Waals surface area contributed by atoms with Gasteiger partial charge in [-0.1, -0.05) is 19.8 Å². The van der Waals surface area contributed by atoms with E-state index >= 15 is 0 Å². The fraction of sp³-hybridized carbons (Fsp3) is 1.00. The van der Waals surface area contributed by atoms with E-state index in [9.17, 15) is 5.11 Å². The van der Waals surface area contributed by atoms with Crippen molar-refractivity contribution in [2.75, 3.05) is 26.9 Å². The minimum absolute atomic E-state index is 0.283. The number of aliphatic hydroxyl groups excluding tert-OH is 1. The van der Waals surface area contributed by atoms with Crippen LogP contribution >= 0.6 is 0 Å². The van der Waals surface area contributed by atoms with Crippen LogP contribution in [-0.2, 0) is 9.47 Å². The SMILES string of the molecule is COCCOCC(O)C1CCC(C)CC1. The minimum Gasteiger partial charge on any atom is -0.390 e. The maximum atomic E-state index is 9.89. The summed E-state index contributed by atoms with van der Waals surface area (Å²) < 4.78 is 10.2. The first kappa shape index (κ1) is 12.9. The van der Waals surface area contributed by atoms with Gasteiger partial charge in [-0.05, 0) is 24.7 Å². The van der Waals surface area contributed by atoms with Gasteiger partial charge >= 0.3 is 0 Å². The molecule has 3 heteroatoms. The van der Waals surface area contributed by atoms with E-state index in [2.05, 4.69) is 6.92 Å². The summed E-state index contributed by atoms with van der Waals surface area (Å²) in [5, 5.41) is 9.89. The van der Waals surface area contributed by atoms with Gasteiger partial charge in [0.15, 0.2) is 0 Å². The lowest BCUT2D eigenvalue weighted by atomic mass is 9.80. The average molecular weight is 216 g/mol. The molecule has 1 N–H and O–H groups in total. The molecule has 90 valence electrons. The highest BCUT2D eigenvalue weighted by Gasteiger charge is 2.24. The summed E-state index contributed by atoms with van der Waals surface area (Å²) in [4.78, 5) is 0. The number of rotatable bonds is 6. The lowest BCUT2D eigenvalue weighted by molar-refractivity contribution is -0.0207. The van der Waals surface area contributed by atoms with Crippen molar-refractivity contribution in [2.45, 2.75) is 38.7 Å². The number of methoxy groups -OCH3 is 1. The van der Waals surface area contributed by atoms with Crippen molar-refractivity contribution in [3.63, 3.8) is 0 Å². The Bertz CT molecular complexity index is 153. The first-order valence-corrected chi connectivity index (χ1v) is 5.98. The van der Waals surface area contributed by atoms with Crippen molar-refractivity contribution in [1.29, 1.82) is 0 Å². The molecule has 1 atom stereocenters. The van der Waals surface area contributed by atoms with Crippen LogP contribution in [0.3, 0.4) is 0 Å². The van der Waals surface area contributed by atoms with Gasteiger partial charge in [0.05, 0.1) is 25.9 Å². The van der Waals surface area contributed by atoms with Crippen LogP contribution in [-0.4, -0.2) is 38.1 Å². The van der Waals surface area contributed by atoms with E-state index in [1.54, 1.807) is 7.11 Å². The molecule has 0 aromatic heterocycles. The summed E-state index contributed by atoms with van der Waals surface area (Å²) in [6.07, 6.45) is 4.51. The Morgan fingerprint density at radius 1 is 1.20 bits per heavy atom. The first-order valence-electron chi connectivity index (χ1n) is 5.98. The largest absolute Gasteiger partial charge is 0.390 e. The van der Waals surface area contributed by atoms with Gasteiger partial charge in [0.25, 0.3) is 0 Å². The Balaban J connectivity index is 2.08. The molecular formula is C12H24O3. The fourth-order valence-corrected chi connectivity index (χ4v) is 2.15. The van der Waals surface area contributed by atoms with E-state index in [1.165, 1.54) is 12.8 Å². The molecule has 1 fully saturated rings. The van der Waals surface area contributed by atoms with Gasteiger partial charge in [-0.25, -0.2) is 0 Å². The van der Waals surface area contributed by atoms with E-state index in [1.807, 2.05) is 0 Å². The highest BCUT2D eigenvalue weighted by atomic mass is 16.5. The lowest BCUT2D eigenvalue weighted by Gasteiger charge is -2.29. The zero-order valence-electron chi connectivity index (χ0n) is 9.95. The van der Waals surface area contributed by atoms with Crippen molar-refractivity contribution < 1.29 is 14.6 Å². The highest BCUT2D eigenvalue weighted by Crippen LogP contribution is 2.30. The Labute approximate surface area is 92.8 Å². The van der Waals surface area contributed by atoms with Crippen molar-refractivity contribution in [3.05, 3.63) is 0 Å². The van der Waals surface area contributed by atoms with Crippen LogP contribution in [0.1, 0.15) is 32.6 Å². The minimum atomic E-state index is -0.283. The third kappa shape index (κ3) is 4.96. The molecule has 1 unspecified atom stereocenters. The van der Waals surface area contributed by atoms with Crippen molar-refractivity contribution in [1.82, 2.24) is 0 Å². The third-order valence-corrected chi connectivity index (χ3v) is 3.33. The van der Waals surface area contributed by atoms with Crippen molar-refractivity contribution >= 4 is 0 Å².